The van der Waals surface area contributed by atoms with Crippen LogP contribution in [0.1, 0.15) is 23.7 Å². The number of benzene rings is 2. The molecule has 0 bridgehead atoms. The van der Waals surface area contributed by atoms with Crippen molar-refractivity contribution in [2.45, 2.75) is 13.8 Å². The fourth-order valence-electron chi connectivity index (χ4n) is 3.68. The summed E-state index contributed by atoms with van der Waals surface area (Å²) in [5.41, 5.74) is 3.92. The third-order valence-electron chi connectivity index (χ3n) is 5.33. The molecule has 0 saturated carbocycles. The van der Waals surface area contributed by atoms with Gasteiger partial charge in [-0.1, -0.05) is 24.3 Å². The number of aromatic nitrogens is 1. The third kappa shape index (κ3) is 3.89. The molecular weight excluding hydrogens is 434 g/mol. The van der Waals surface area contributed by atoms with E-state index in [1.54, 1.807) is 6.08 Å². The van der Waals surface area contributed by atoms with Crippen LogP contribution in [0.3, 0.4) is 0 Å². The zero-order valence-electron chi connectivity index (χ0n) is 18.1. The van der Waals surface area contributed by atoms with Gasteiger partial charge in [-0.15, -0.1) is 0 Å². The van der Waals surface area contributed by atoms with E-state index in [1.165, 1.54) is 16.8 Å². The average molecular weight is 456 g/mol. The summed E-state index contributed by atoms with van der Waals surface area (Å²) in [5.74, 6) is 0.369. The standard InChI is InChI=1S/C25H21N5O2S/c1-3-32-19-12-10-17(11-13-19)29-14-6-8-18(29)15-21-22(26)30-25(27-23(21)31)33-24(28-30)20-9-5-4-7-16(20)2/h4-15,26H,3H2,1-2H3/b21-15-,26-22?. The van der Waals surface area contributed by atoms with Crippen molar-refractivity contribution in [3.05, 3.63) is 89.3 Å². The SMILES string of the molecule is CCOc1ccc(-n2cccc2/C=C2/C(=N)N3N=C(c4ccccc4C)SC3=NC2=O)cc1. The molecule has 1 aromatic heterocycles. The Kier molecular flexibility index (Phi) is 5.43. The zero-order valence-corrected chi connectivity index (χ0v) is 19.0. The molecule has 3 aromatic rings. The van der Waals surface area contributed by atoms with E-state index < -0.39 is 5.91 Å². The number of amidine groups is 2. The van der Waals surface area contributed by atoms with Crippen molar-refractivity contribution in [3.8, 4) is 11.4 Å². The van der Waals surface area contributed by atoms with Gasteiger partial charge in [-0.2, -0.15) is 15.1 Å². The summed E-state index contributed by atoms with van der Waals surface area (Å²) >= 11 is 1.30. The minimum absolute atomic E-state index is 0.0144. The lowest BCUT2D eigenvalue weighted by molar-refractivity contribution is -0.114. The minimum Gasteiger partial charge on any atom is -0.494 e. The van der Waals surface area contributed by atoms with Crippen molar-refractivity contribution >= 4 is 39.8 Å². The van der Waals surface area contributed by atoms with E-state index in [4.69, 9.17) is 10.1 Å². The van der Waals surface area contributed by atoms with Crippen molar-refractivity contribution in [2.24, 2.45) is 10.1 Å². The maximum Gasteiger partial charge on any atom is 0.283 e. The molecule has 7 nitrogen and oxygen atoms in total. The van der Waals surface area contributed by atoms with Crippen LogP contribution in [0.4, 0.5) is 0 Å². The van der Waals surface area contributed by atoms with Gasteiger partial charge in [0.15, 0.2) is 5.84 Å². The average Bonchev–Trinajstić information content (AvgIpc) is 3.45. The Bertz CT molecular complexity index is 1350. The van der Waals surface area contributed by atoms with Crippen molar-refractivity contribution in [3.63, 3.8) is 0 Å². The van der Waals surface area contributed by atoms with Crippen LogP contribution < -0.4 is 4.74 Å². The molecule has 3 heterocycles. The number of thioether (sulfide) groups is 1. The van der Waals surface area contributed by atoms with Gasteiger partial charge in [0.05, 0.1) is 12.2 Å². The normalized spacial score (nSPS) is 16.7. The van der Waals surface area contributed by atoms with Crippen LogP contribution in [0.15, 0.2) is 82.5 Å². The van der Waals surface area contributed by atoms with Crippen LogP contribution in [0.2, 0.25) is 0 Å². The van der Waals surface area contributed by atoms with Gasteiger partial charge in [0.2, 0.25) is 5.17 Å². The summed E-state index contributed by atoms with van der Waals surface area (Å²) in [6.07, 6.45) is 3.60. The summed E-state index contributed by atoms with van der Waals surface area (Å²) in [6, 6.07) is 19.4. The molecular formula is C25H21N5O2S. The highest BCUT2D eigenvalue weighted by Gasteiger charge is 2.36. The van der Waals surface area contributed by atoms with E-state index in [2.05, 4.69) is 10.1 Å². The number of hydrazone groups is 1. The van der Waals surface area contributed by atoms with Crippen molar-refractivity contribution in [1.29, 1.82) is 5.41 Å². The van der Waals surface area contributed by atoms with Gasteiger partial charge in [0.1, 0.15) is 10.8 Å². The predicted molar refractivity (Wildman–Crippen MR) is 132 cm³/mol. The molecule has 0 radical (unpaired) electrons. The highest BCUT2D eigenvalue weighted by molar-refractivity contribution is 8.27. The van der Waals surface area contributed by atoms with Gasteiger partial charge in [0.25, 0.3) is 5.91 Å². The Morgan fingerprint density at radius 2 is 1.88 bits per heavy atom. The molecule has 2 aliphatic heterocycles. The maximum atomic E-state index is 12.8. The Morgan fingerprint density at radius 1 is 1.09 bits per heavy atom. The van der Waals surface area contributed by atoms with Crippen LogP contribution in [0.25, 0.3) is 11.8 Å². The summed E-state index contributed by atoms with van der Waals surface area (Å²) in [6.45, 7) is 4.56. The Hall–Kier alpha value is -3.91. The molecule has 0 spiro atoms. The zero-order chi connectivity index (χ0) is 22.9. The van der Waals surface area contributed by atoms with Gasteiger partial charge in [-0.3, -0.25) is 10.2 Å². The maximum absolute atomic E-state index is 12.8. The molecule has 0 fully saturated rings. The van der Waals surface area contributed by atoms with Gasteiger partial charge >= 0.3 is 0 Å². The predicted octanol–water partition coefficient (Wildman–Crippen LogP) is 4.85. The number of hydrogen-bond acceptors (Lipinski definition) is 5. The second kappa shape index (κ2) is 8.55. The molecule has 2 aromatic carbocycles. The van der Waals surface area contributed by atoms with Crippen LogP contribution >= 0.6 is 11.8 Å². The number of carbonyl (C=O) groups excluding carboxylic acids is 1. The number of ether oxygens (including phenoxy) is 1. The second-order valence-corrected chi connectivity index (χ2v) is 8.43. The fraction of sp³-hybridized carbons (Fsp3) is 0.120. The van der Waals surface area contributed by atoms with E-state index in [9.17, 15) is 4.79 Å². The Labute approximate surface area is 195 Å². The van der Waals surface area contributed by atoms with E-state index in [0.29, 0.717) is 11.8 Å². The Morgan fingerprint density at radius 3 is 2.64 bits per heavy atom. The van der Waals surface area contributed by atoms with Crippen LogP contribution in [0, 0.1) is 12.3 Å². The minimum atomic E-state index is -0.445. The fourth-order valence-corrected chi connectivity index (χ4v) is 4.66. The van der Waals surface area contributed by atoms with E-state index in [-0.39, 0.29) is 11.4 Å². The third-order valence-corrected chi connectivity index (χ3v) is 6.27. The Balaban J connectivity index is 1.47. The number of nitrogens with zero attached hydrogens (tertiary/aromatic N) is 4. The number of fused-ring (bicyclic) bond motifs is 1. The molecule has 1 N–H and O–H groups in total. The molecule has 0 atom stereocenters. The van der Waals surface area contributed by atoms with Gasteiger partial charge in [-0.05, 0) is 73.6 Å². The largest absolute Gasteiger partial charge is 0.494 e. The molecule has 0 aliphatic carbocycles. The number of rotatable bonds is 5. The van der Waals surface area contributed by atoms with Gasteiger partial charge in [0, 0.05) is 23.1 Å². The quantitative estimate of drug-likeness (QED) is 0.558. The van der Waals surface area contributed by atoms with Gasteiger partial charge < -0.3 is 9.30 Å². The molecule has 2 aliphatic rings. The number of aryl methyl sites for hydroxylation is 1. The summed E-state index contributed by atoms with van der Waals surface area (Å²) in [4.78, 5) is 17.0. The topological polar surface area (TPSA) is 83.0 Å². The summed E-state index contributed by atoms with van der Waals surface area (Å²) in [5, 5.41) is 15.8. The first kappa shape index (κ1) is 21.0. The van der Waals surface area contributed by atoms with Crippen molar-refractivity contribution in [2.75, 3.05) is 6.61 Å². The lowest BCUT2D eigenvalue weighted by Gasteiger charge is -2.20. The molecule has 0 saturated heterocycles. The number of carbonyl (C=O) groups is 1. The first-order valence-corrected chi connectivity index (χ1v) is 11.3. The van der Waals surface area contributed by atoms with Gasteiger partial charge in [-0.25, -0.2) is 0 Å². The van der Waals surface area contributed by atoms with Crippen LogP contribution in [-0.4, -0.2) is 38.1 Å². The molecule has 0 unspecified atom stereocenters. The first-order chi connectivity index (χ1) is 16.0. The highest BCUT2D eigenvalue weighted by atomic mass is 32.2. The first-order valence-electron chi connectivity index (χ1n) is 10.5. The number of amides is 1. The molecule has 8 heteroatoms. The van der Waals surface area contributed by atoms with Crippen LogP contribution in [-0.2, 0) is 4.79 Å². The molecule has 5 rings (SSSR count). The second-order valence-electron chi connectivity index (χ2n) is 7.47. The monoisotopic (exact) mass is 455 g/mol. The van der Waals surface area contributed by atoms with Crippen molar-refractivity contribution < 1.29 is 9.53 Å². The number of aliphatic imine (C=N–C) groups is 1. The van der Waals surface area contributed by atoms with E-state index >= 15 is 0 Å². The summed E-state index contributed by atoms with van der Waals surface area (Å²) in [7, 11) is 0. The number of nitrogens with one attached hydrogen (secondary N) is 1. The van der Waals surface area contributed by atoms with E-state index in [1.807, 2.05) is 85.3 Å². The summed E-state index contributed by atoms with van der Waals surface area (Å²) < 4.78 is 7.47. The molecule has 33 heavy (non-hydrogen) atoms. The molecule has 164 valence electrons. The lowest BCUT2D eigenvalue weighted by atomic mass is 10.1. The lowest BCUT2D eigenvalue weighted by Crippen LogP contribution is -2.35. The van der Waals surface area contributed by atoms with Crippen LogP contribution in [0.5, 0.6) is 5.75 Å². The van der Waals surface area contributed by atoms with E-state index in [0.717, 1.165) is 33.3 Å². The smallest absolute Gasteiger partial charge is 0.283 e. The molecule has 1 amide bonds. The number of hydrogen-bond donors (Lipinski definition) is 1. The van der Waals surface area contributed by atoms with Crippen molar-refractivity contribution in [1.82, 2.24) is 9.58 Å². The highest BCUT2D eigenvalue weighted by Crippen LogP contribution is 2.32.